The number of likely N-dealkylation sites (tertiary alicyclic amines) is 1. The number of anilines is 1. The lowest BCUT2D eigenvalue weighted by Gasteiger charge is -2.30. The van der Waals surface area contributed by atoms with Crippen molar-refractivity contribution in [3.63, 3.8) is 0 Å². The molecule has 6 aromatic rings. The number of carbonyl (C=O) groups excluding carboxylic acids is 1. The molecule has 0 bridgehead atoms. The van der Waals surface area contributed by atoms with Crippen LogP contribution in [0.3, 0.4) is 0 Å². The fourth-order valence-corrected chi connectivity index (χ4v) is 6.79. The summed E-state index contributed by atoms with van der Waals surface area (Å²) in [6, 6.07) is 19.7. The number of hydrogen-bond donors (Lipinski definition) is 1. The zero-order valence-corrected chi connectivity index (χ0v) is 30.2. The molecule has 9 nitrogen and oxygen atoms in total. The maximum absolute atomic E-state index is 15.5. The smallest absolute Gasteiger partial charge is 0.418 e. The van der Waals surface area contributed by atoms with Crippen LogP contribution in [-0.4, -0.2) is 53.7 Å². The summed E-state index contributed by atoms with van der Waals surface area (Å²) in [6.07, 6.45) is 1.17. The van der Waals surface area contributed by atoms with Gasteiger partial charge in [0.15, 0.2) is 23.1 Å². The molecular weight excluding hydrogens is 716 g/mol. The van der Waals surface area contributed by atoms with E-state index in [-0.39, 0.29) is 28.0 Å². The van der Waals surface area contributed by atoms with Gasteiger partial charge in [-0.25, -0.2) is 4.39 Å². The second kappa shape index (κ2) is 15.8. The first-order valence-electron chi connectivity index (χ1n) is 17.9. The summed E-state index contributed by atoms with van der Waals surface area (Å²) in [4.78, 5) is 33.8. The third-order valence-corrected chi connectivity index (χ3v) is 9.77. The van der Waals surface area contributed by atoms with Gasteiger partial charge in [-0.15, -0.1) is 0 Å². The molecule has 1 saturated heterocycles. The molecule has 284 valence electrons. The lowest BCUT2D eigenvalue weighted by atomic mass is 9.99. The van der Waals surface area contributed by atoms with Crippen molar-refractivity contribution < 1.29 is 36.6 Å². The van der Waals surface area contributed by atoms with Gasteiger partial charge in [-0.05, 0) is 86.8 Å². The molecule has 1 fully saturated rings. The number of fused-ring (bicyclic) bond motifs is 2. The minimum Gasteiger partial charge on any atom is -0.493 e. The van der Waals surface area contributed by atoms with Crippen LogP contribution in [0.1, 0.15) is 42.1 Å². The number of methoxy groups -OCH3 is 1. The van der Waals surface area contributed by atoms with Crippen molar-refractivity contribution in [2.24, 2.45) is 5.92 Å². The molecule has 0 atom stereocenters. The summed E-state index contributed by atoms with van der Waals surface area (Å²) in [5.74, 6) is 0.136. The fourth-order valence-electron chi connectivity index (χ4n) is 6.79. The molecule has 0 spiro atoms. The van der Waals surface area contributed by atoms with Crippen molar-refractivity contribution in [1.82, 2.24) is 14.5 Å². The van der Waals surface area contributed by atoms with Crippen LogP contribution in [0.15, 0.2) is 102 Å². The first-order chi connectivity index (χ1) is 26.5. The number of benzene rings is 4. The molecule has 55 heavy (non-hydrogen) atoms. The van der Waals surface area contributed by atoms with Gasteiger partial charge in [-0.1, -0.05) is 31.2 Å². The number of nitrogens with zero attached hydrogens (tertiary/aromatic N) is 3. The van der Waals surface area contributed by atoms with Crippen LogP contribution in [0.2, 0.25) is 0 Å². The summed E-state index contributed by atoms with van der Waals surface area (Å²) in [5, 5.41) is 3.08. The van der Waals surface area contributed by atoms with Gasteiger partial charge >= 0.3 is 6.18 Å². The Balaban J connectivity index is 1.09. The molecule has 0 aliphatic carbocycles. The highest BCUT2D eigenvalue weighted by Crippen LogP contribution is 2.38. The number of amides is 1. The maximum atomic E-state index is 15.5. The summed E-state index contributed by atoms with van der Waals surface area (Å²) >= 11 is 0. The lowest BCUT2D eigenvalue weighted by Crippen LogP contribution is -2.34. The molecule has 0 radical (unpaired) electrons. The maximum Gasteiger partial charge on any atom is 0.418 e. The molecule has 1 amide bonds. The number of aromatic nitrogens is 2. The van der Waals surface area contributed by atoms with Gasteiger partial charge in [0, 0.05) is 47.5 Å². The van der Waals surface area contributed by atoms with E-state index in [4.69, 9.17) is 14.2 Å². The van der Waals surface area contributed by atoms with Crippen molar-refractivity contribution in [2.75, 3.05) is 38.7 Å². The average Bonchev–Trinajstić information content (AvgIpc) is 3.18. The van der Waals surface area contributed by atoms with E-state index in [0.29, 0.717) is 34.8 Å². The van der Waals surface area contributed by atoms with Crippen LogP contribution in [0.25, 0.3) is 27.5 Å². The molecule has 13 heteroatoms. The highest BCUT2D eigenvalue weighted by molar-refractivity contribution is 6.06. The van der Waals surface area contributed by atoms with Gasteiger partial charge in [0.05, 0.1) is 36.0 Å². The van der Waals surface area contributed by atoms with E-state index in [2.05, 4.69) is 22.1 Å². The van der Waals surface area contributed by atoms with E-state index in [0.717, 1.165) is 54.9 Å². The first-order valence-corrected chi connectivity index (χ1v) is 17.9. The summed E-state index contributed by atoms with van der Waals surface area (Å²) < 4.78 is 76.3. The topological polar surface area (TPSA) is 94.9 Å². The molecule has 1 N–H and O–H groups in total. The van der Waals surface area contributed by atoms with E-state index in [9.17, 15) is 22.8 Å². The van der Waals surface area contributed by atoms with Crippen LogP contribution in [-0.2, 0) is 6.18 Å². The van der Waals surface area contributed by atoms with Crippen LogP contribution < -0.4 is 25.0 Å². The van der Waals surface area contributed by atoms with Gasteiger partial charge in [-0.2, -0.15) is 13.2 Å². The number of nitrogens with one attached hydrogen (secondary N) is 1. The molecule has 0 unspecified atom stereocenters. The van der Waals surface area contributed by atoms with Crippen LogP contribution in [0.5, 0.6) is 23.0 Å². The van der Waals surface area contributed by atoms with Crippen molar-refractivity contribution in [3.8, 4) is 28.7 Å². The van der Waals surface area contributed by atoms with Crippen LogP contribution in [0.4, 0.5) is 23.2 Å². The summed E-state index contributed by atoms with van der Waals surface area (Å²) in [5.41, 5.74) is -1.64. The Morgan fingerprint density at radius 1 is 0.909 bits per heavy atom. The number of hydrogen-bond acceptors (Lipinski definition) is 7. The number of ether oxygens (including phenoxy) is 3. The molecule has 2 aromatic heterocycles. The SMILES string of the molecule is COc1cc2c(Oc3ccc(NC(=O)c4cn(-c5ccccc5C(F)(F)F)c5ccccc5c4=O)cc3F)ccnc2cc1OCCCN1CCC(C)CC1. The van der Waals surface area contributed by atoms with Crippen molar-refractivity contribution in [1.29, 1.82) is 0 Å². The number of halogens is 4. The Labute approximate surface area is 314 Å². The number of carbonyl (C=O) groups is 1. The first kappa shape index (κ1) is 37.4. The Hall–Kier alpha value is -5.95. The second-order valence-electron chi connectivity index (χ2n) is 13.5. The van der Waals surface area contributed by atoms with Gasteiger partial charge < -0.3 is 29.0 Å². The Morgan fingerprint density at radius 3 is 2.44 bits per heavy atom. The third kappa shape index (κ3) is 8.12. The molecule has 0 saturated carbocycles. The molecule has 1 aliphatic heterocycles. The number of para-hydroxylation sites is 2. The average molecular weight is 755 g/mol. The van der Waals surface area contributed by atoms with Crippen LogP contribution in [0, 0.1) is 11.7 Å². The highest BCUT2D eigenvalue weighted by atomic mass is 19.4. The number of alkyl halides is 3. The van der Waals surface area contributed by atoms with Crippen molar-refractivity contribution in [3.05, 3.63) is 124 Å². The summed E-state index contributed by atoms with van der Waals surface area (Å²) in [7, 11) is 1.53. The predicted octanol–water partition coefficient (Wildman–Crippen LogP) is 9.25. The molecule has 7 rings (SSSR count). The van der Waals surface area contributed by atoms with Gasteiger partial charge in [0.1, 0.15) is 11.3 Å². The van der Waals surface area contributed by atoms with E-state index in [1.54, 1.807) is 30.3 Å². The predicted molar refractivity (Wildman–Crippen MR) is 202 cm³/mol. The van der Waals surface area contributed by atoms with E-state index in [1.807, 2.05) is 0 Å². The van der Waals surface area contributed by atoms with E-state index >= 15 is 4.39 Å². The standard InChI is InChI=1S/C42H38F4N4O5/c1-26-15-19-49(20-16-26)18-7-21-54-39-24-33-29(23-38(39)53-2)36(14-17-47-33)55-37-13-12-27(22-32(37)43)48-41(52)30-25-50(34-10-5-3-8-28(34)40(30)51)35-11-6-4-9-31(35)42(44,45)46/h3-6,8-14,17,22-26H,7,15-16,18-21H2,1-2H3,(H,48,52). The molecule has 3 heterocycles. The number of rotatable bonds is 11. The minimum atomic E-state index is -4.71. The highest BCUT2D eigenvalue weighted by Gasteiger charge is 2.34. The van der Waals surface area contributed by atoms with Gasteiger partial charge in [-0.3, -0.25) is 14.6 Å². The third-order valence-electron chi connectivity index (χ3n) is 9.77. The molecule has 4 aromatic carbocycles. The monoisotopic (exact) mass is 754 g/mol. The molecule has 1 aliphatic rings. The lowest BCUT2D eigenvalue weighted by molar-refractivity contribution is -0.137. The molecular formula is C42H38F4N4O5. The van der Waals surface area contributed by atoms with Crippen LogP contribution >= 0.6 is 0 Å². The van der Waals surface area contributed by atoms with E-state index in [1.165, 1.54) is 68.6 Å². The minimum absolute atomic E-state index is 0.0115. The Kier molecular flexibility index (Phi) is 10.7. The van der Waals surface area contributed by atoms with E-state index < -0.39 is 34.5 Å². The zero-order chi connectivity index (χ0) is 38.7. The zero-order valence-electron chi connectivity index (χ0n) is 30.2. The van der Waals surface area contributed by atoms with Crippen molar-refractivity contribution in [2.45, 2.75) is 32.4 Å². The number of piperidine rings is 1. The van der Waals surface area contributed by atoms with Crippen molar-refractivity contribution >= 4 is 33.4 Å². The fraction of sp³-hybridized carbons (Fsp3) is 0.262. The number of pyridine rings is 2. The normalized spacial score (nSPS) is 13.9. The quantitative estimate of drug-likeness (QED) is 0.104. The largest absolute Gasteiger partial charge is 0.493 e. The van der Waals surface area contributed by atoms with Gasteiger partial charge in [0.2, 0.25) is 5.43 Å². The van der Waals surface area contributed by atoms with Gasteiger partial charge in [0.25, 0.3) is 5.91 Å². The summed E-state index contributed by atoms with van der Waals surface area (Å²) in [6.45, 7) is 5.95. The Bertz CT molecular complexity index is 2430. The Morgan fingerprint density at radius 2 is 1.67 bits per heavy atom. The second-order valence-corrected chi connectivity index (χ2v) is 13.5.